The fourth-order valence-electron chi connectivity index (χ4n) is 2.80. The molecule has 1 fully saturated rings. The molecule has 0 aliphatic carbocycles. The molecule has 0 spiro atoms. The summed E-state index contributed by atoms with van der Waals surface area (Å²) in [5, 5.41) is 0. The molecule has 2 aromatic rings. The fourth-order valence-corrected chi connectivity index (χ4v) is 3.87. The van der Waals surface area contributed by atoms with Gasteiger partial charge in [-0.1, -0.05) is 13.0 Å². The van der Waals surface area contributed by atoms with Crippen LogP contribution < -0.4 is 9.62 Å². The Bertz CT molecular complexity index is 893. The van der Waals surface area contributed by atoms with Gasteiger partial charge in [-0.25, -0.2) is 18.4 Å². The fraction of sp³-hybridized carbons (Fsp3) is 0.412. The van der Waals surface area contributed by atoms with Crippen molar-refractivity contribution < 1.29 is 21.6 Å². The first kappa shape index (κ1) is 19.4. The van der Waals surface area contributed by atoms with Crippen molar-refractivity contribution in [2.24, 2.45) is 5.92 Å². The number of rotatable bonds is 4. The van der Waals surface area contributed by atoms with Crippen LogP contribution in [0.4, 0.5) is 24.8 Å². The number of anilines is 2. The van der Waals surface area contributed by atoms with Gasteiger partial charge in [0.1, 0.15) is 0 Å². The zero-order valence-corrected chi connectivity index (χ0v) is 15.4. The summed E-state index contributed by atoms with van der Waals surface area (Å²) < 4.78 is 65.3. The number of hydrogen-bond donors (Lipinski definition) is 1. The Morgan fingerprint density at radius 2 is 1.78 bits per heavy atom. The topological polar surface area (TPSA) is 75.2 Å². The van der Waals surface area contributed by atoms with Gasteiger partial charge in [-0.15, -0.1) is 0 Å². The molecule has 3 rings (SSSR count). The standard InChI is InChI=1S/C17H19F3N4O2S/c1-12-5-7-24(8-6-12)16-21-10-14(11-22-16)23-27(25,26)15-4-2-3-13(9-15)17(18,19)20/h2-4,9-12,23H,5-8H2,1H3. The minimum atomic E-state index is -4.62. The van der Waals surface area contributed by atoms with Crippen molar-refractivity contribution in [1.82, 2.24) is 9.97 Å². The van der Waals surface area contributed by atoms with E-state index < -0.39 is 26.7 Å². The van der Waals surface area contributed by atoms with E-state index in [1.807, 2.05) is 4.90 Å². The van der Waals surface area contributed by atoms with Gasteiger partial charge in [-0.2, -0.15) is 13.2 Å². The van der Waals surface area contributed by atoms with Gasteiger partial charge < -0.3 is 4.90 Å². The maximum Gasteiger partial charge on any atom is 0.416 e. The van der Waals surface area contributed by atoms with Crippen LogP contribution in [0.1, 0.15) is 25.3 Å². The molecule has 27 heavy (non-hydrogen) atoms. The van der Waals surface area contributed by atoms with Crippen LogP contribution in [0.25, 0.3) is 0 Å². The van der Waals surface area contributed by atoms with E-state index in [9.17, 15) is 21.6 Å². The SMILES string of the molecule is CC1CCN(c2ncc(NS(=O)(=O)c3cccc(C(F)(F)F)c3)cn2)CC1. The van der Waals surface area contributed by atoms with Gasteiger partial charge in [0.05, 0.1) is 28.5 Å². The minimum absolute atomic E-state index is 0.0848. The lowest BCUT2D eigenvalue weighted by atomic mass is 10.00. The zero-order chi connectivity index (χ0) is 19.7. The number of sulfonamides is 1. The molecule has 0 bridgehead atoms. The van der Waals surface area contributed by atoms with Gasteiger partial charge >= 0.3 is 6.18 Å². The second-order valence-electron chi connectivity index (χ2n) is 6.57. The normalized spacial score (nSPS) is 16.4. The van der Waals surface area contributed by atoms with Crippen molar-refractivity contribution in [2.75, 3.05) is 22.7 Å². The minimum Gasteiger partial charge on any atom is -0.341 e. The lowest BCUT2D eigenvalue weighted by Gasteiger charge is -2.30. The van der Waals surface area contributed by atoms with E-state index in [1.54, 1.807) is 0 Å². The highest BCUT2D eigenvalue weighted by Gasteiger charge is 2.31. The second-order valence-corrected chi connectivity index (χ2v) is 8.25. The summed E-state index contributed by atoms with van der Waals surface area (Å²) in [5.41, 5.74) is -0.946. The Labute approximate surface area is 155 Å². The highest BCUT2D eigenvalue weighted by atomic mass is 32.2. The van der Waals surface area contributed by atoms with Crippen LogP contribution in [0.15, 0.2) is 41.6 Å². The molecule has 2 heterocycles. The molecule has 1 aromatic carbocycles. The largest absolute Gasteiger partial charge is 0.416 e. The smallest absolute Gasteiger partial charge is 0.341 e. The Hall–Kier alpha value is -2.36. The summed E-state index contributed by atoms with van der Waals surface area (Å²) >= 11 is 0. The molecule has 0 unspecified atom stereocenters. The number of hydrogen-bond acceptors (Lipinski definition) is 5. The molecule has 146 valence electrons. The van der Waals surface area contributed by atoms with Crippen LogP contribution in [-0.2, 0) is 16.2 Å². The molecule has 0 radical (unpaired) electrons. The Balaban J connectivity index is 1.74. The third kappa shape index (κ3) is 4.68. The summed E-state index contributed by atoms with van der Waals surface area (Å²) in [6.45, 7) is 3.84. The quantitative estimate of drug-likeness (QED) is 0.850. The Morgan fingerprint density at radius 3 is 2.37 bits per heavy atom. The summed E-state index contributed by atoms with van der Waals surface area (Å²) in [5.74, 6) is 1.16. The van der Waals surface area contributed by atoms with Crippen molar-refractivity contribution in [3.8, 4) is 0 Å². The average Bonchev–Trinajstić information content (AvgIpc) is 2.62. The number of aromatic nitrogens is 2. The van der Waals surface area contributed by atoms with Gasteiger partial charge in [0.15, 0.2) is 0 Å². The van der Waals surface area contributed by atoms with E-state index in [1.165, 1.54) is 12.4 Å². The molecule has 0 atom stereocenters. The number of nitrogens with zero attached hydrogens (tertiary/aromatic N) is 3. The van der Waals surface area contributed by atoms with E-state index in [4.69, 9.17) is 0 Å². The van der Waals surface area contributed by atoms with Crippen LogP contribution in [-0.4, -0.2) is 31.5 Å². The summed E-state index contributed by atoms with van der Waals surface area (Å²) in [6.07, 6.45) is 0.0693. The van der Waals surface area contributed by atoms with E-state index in [-0.39, 0.29) is 5.69 Å². The predicted molar refractivity (Wildman–Crippen MR) is 94.9 cm³/mol. The van der Waals surface area contributed by atoms with E-state index in [0.717, 1.165) is 44.1 Å². The second kappa shape index (κ2) is 7.34. The van der Waals surface area contributed by atoms with Gasteiger partial charge in [0, 0.05) is 13.1 Å². The van der Waals surface area contributed by atoms with Crippen molar-refractivity contribution in [3.05, 3.63) is 42.2 Å². The highest BCUT2D eigenvalue weighted by Crippen LogP contribution is 2.31. The van der Waals surface area contributed by atoms with E-state index >= 15 is 0 Å². The van der Waals surface area contributed by atoms with Gasteiger partial charge in [0.2, 0.25) is 5.95 Å². The first-order valence-corrected chi connectivity index (χ1v) is 9.90. The number of piperidine rings is 1. The van der Waals surface area contributed by atoms with Crippen LogP contribution in [0.5, 0.6) is 0 Å². The van der Waals surface area contributed by atoms with E-state index in [0.29, 0.717) is 17.9 Å². The molecular weight excluding hydrogens is 381 g/mol. The molecule has 0 saturated carbocycles. The molecule has 10 heteroatoms. The first-order chi connectivity index (χ1) is 12.6. The van der Waals surface area contributed by atoms with Crippen LogP contribution >= 0.6 is 0 Å². The molecule has 6 nitrogen and oxygen atoms in total. The first-order valence-electron chi connectivity index (χ1n) is 8.42. The molecular formula is C17H19F3N4O2S. The Kier molecular flexibility index (Phi) is 5.27. The highest BCUT2D eigenvalue weighted by molar-refractivity contribution is 7.92. The van der Waals surface area contributed by atoms with E-state index in [2.05, 4.69) is 21.6 Å². The van der Waals surface area contributed by atoms with Crippen LogP contribution in [0, 0.1) is 5.92 Å². The maximum atomic E-state index is 12.8. The molecule has 1 aliphatic rings. The number of alkyl halides is 3. The summed E-state index contributed by atoms with van der Waals surface area (Å²) in [4.78, 5) is 9.88. The maximum absolute atomic E-state index is 12.8. The average molecular weight is 400 g/mol. The van der Waals surface area contributed by atoms with Crippen LogP contribution in [0.3, 0.4) is 0 Å². The lowest BCUT2D eigenvalue weighted by molar-refractivity contribution is -0.137. The van der Waals surface area contributed by atoms with Crippen LogP contribution in [0.2, 0.25) is 0 Å². The van der Waals surface area contributed by atoms with Crippen molar-refractivity contribution in [2.45, 2.75) is 30.8 Å². The molecule has 1 aromatic heterocycles. The molecule has 1 saturated heterocycles. The number of nitrogens with one attached hydrogen (secondary N) is 1. The lowest BCUT2D eigenvalue weighted by Crippen LogP contribution is -2.34. The number of halogens is 3. The van der Waals surface area contributed by atoms with Crippen molar-refractivity contribution >= 4 is 21.7 Å². The summed E-state index contributed by atoms with van der Waals surface area (Å²) in [7, 11) is -4.18. The third-order valence-corrected chi connectivity index (χ3v) is 5.81. The van der Waals surface area contributed by atoms with Gasteiger partial charge in [-0.05, 0) is 37.0 Å². The third-order valence-electron chi connectivity index (χ3n) is 4.43. The van der Waals surface area contributed by atoms with Gasteiger partial charge in [0.25, 0.3) is 10.0 Å². The summed E-state index contributed by atoms with van der Waals surface area (Å²) in [6, 6.07) is 3.55. The van der Waals surface area contributed by atoms with Crippen molar-refractivity contribution in [1.29, 1.82) is 0 Å². The predicted octanol–water partition coefficient (Wildman–Crippen LogP) is 3.53. The Morgan fingerprint density at radius 1 is 1.15 bits per heavy atom. The zero-order valence-electron chi connectivity index (χ0n) is 14.6. The molecule has 1 aliphatic heterocycles. The molecule has 0 amide bonds. The molecule has 1 N–H and O–H groups in total. The van der Waals surface area contributed by atoms with Gasteiger partial charge in [-0.3, -0.25) is 4.72 Å². The number of benzene rings is 1. The monoisotopic (exact) mass is 400 g/mol. The van der Waals surface area contributed by atoms with Crippen molar-refractivity contribution in [3.63, 3.8) is 0 Å².